The van der Waals surface area contributed by atoms with Gasteiger partial charge in [0.25, 0.3) is 10.0 Å². The number of rotatable bonds is 6. The molecule has 0 aliphatic rings. The minimum absolute atomic E-state index is 0.129. The van der Waals surface area contributed by atoms with Crippen LogP contribution >= 0.6 is 15.9 Å². The molecule has 0 bridgehead atoms. The number of benzene rings is 4. The SMILES string of the molecule is Cc1ccc(S(=O)(=O)N(CC(=O)Nc2ccc3ccccc3c2)c2ccc(Br)cc2)cc1. The number of amides is 1. The standard InChI is InChI=1S/C25H21BrN2O3S/c1-18-6-14-24(15-7-18)32(30,31)28(23-12-9-21(26)10-13-23)17-25(29)27-22-11-8-19-4-2-3-5-20(19)16-22/h2-16H,17H2,1H3,(H,27,29). The van der Waals surface area contributed by atoms with Gasteiger partial charge in [0.15, 0.2) is 0 Å². The van der Waals surface area contributed by atoms with E-state index in [1.165, 1.54) is 0 Å². The van der Waals surface area contributed by atoms with Gasteiger partial charge in [0.1, 0.15) is 6.54 Å². The average molecular weight is 509 g/mol. The van der Waals surface area contributed by atoms with Crippen molar-refractivity contribution < 1.29 is 13.2 Å². The van der Waals surface area contributed by atoms with E-state index in [4.69, 9.17) is 0 Å². The predicted molar refractivity (Wildman–Crippen MR) is 132 cm³/mol. The van der Waals surface area contributed by atoms with Crippen LogP contribution in [-0.4, -0.2) is 20.9 Å². The summed E-state index contributed by atoms with van der Waals surface area (Å²) in [5.74, 6) is -0.432. The van der Waals surface area contributed by atoms with Gasteiger partial charge in [-0.05, 0) is 66.2 Å². The Hall–Kier alpha value is -3.16. The lowest BCUT2D eigenvalue weighted by Crippen LogP contribution is -2.38. The Morgan fingerprint density at radius 2 is 1.53 bits per heavy atom. The topological polar surface area (TPSA) is 66.5 Å². The molecule has 0 aliphatic carbocycles. The van der Waals surface area contributed by atoms with Crippen molar-refractivity contribution in [2.24, 2.45) is 0 Å². The van der Waals surface area contributed by atoms with Gasteiger partial charge in [0, 0.05) is 10.2 Å². The van der Waals surface area contributed by atoms with Crippen LogP contribution in [0.5, 0.6) is 0 Å². The lowest BCUT2D eigenvalue weighted by molar-refractivity contribution is -0.114. The van der Waals surface area contributed by atoms with Gasteiger partial charge in [-0.3, -0.25) is 9.10 Å². The van der Waals surface area contributed by atoms with Crippen LogP contribution in [0, 0.1) is 6.92 Å². The number of nitrogens with zero attached hydrogens (tertiary/aromatic N) is 1. The van der Waals surface area contributed by atoms with Gasteiger partial charge in [-0.25, -0.2) is 8.42 Å². The predicted octanol–water partition coefficient (Wildman–Crippen LogP) is 5.74. The summed E-state index contributed by atoms with van der Waals surface area (Å²) >= 11 is 3.37. The van der Waals surface area contributed by atoms with E-state index in [0.717, 1.165) is 25.1 Å². The first kappa shape index (κ1) is 22.0. The van der Waals surface area contributed by atoms with Gasteiger partial charge in [-0.1, -0.05) is 64.0 Å². The van der Waals surface area contributed by atoms with Crippen molar-refractivity contribution in [2.45, 2.75) is 11.8 Å². The monoisotopic (exact) mass is 508 g/mol. The highest BCUT2D eigenvalue weighted by Crippen LogP contribution is 2.26. The van der Waals surface area contributed by atoms with E-state index in [2.05, 4.69) is 21.2 Å². The third-order valence-corrected chi connectivity index (χ3v) is 7.36. The zero-order valence-electron chi connectivity index (χ0n) is 17.3. The molecule has 0 saturated heterocycles. The second-order valence-electron chi connectivity index (χ2n) is 7.41. The van der Waals surface area contributed by atoms with Gasteiger partial charge in [-0.15, -0.1) is 0 Å². The van der Waals surface area contributed by atoms with Crippen LogP contribution in [0.4, 0.5) is 11.4 Å². The lowest BCUT2D eigenvalue weighted by atomic mass is 10.1. The molecule has 0 heterocycles. The number of hydrogen-bond donors (Lipinski definition) is 1. The Morgan fingerprint density at radius 1 is 0.875 bits per heavy atom. The Morgan fingerprint density at radius 3 is 2.22 bits per heavy atom. The summed E-state index contributed by atoms with van der Waals surface area (Å²) in [4.78, 5) is 13.0. The summed E-state index contributed by atoms with van der Waals surface area (Å²) < 4.78 is 28.8. The minimum Gasteiger partial charge on any atom is -0.324 e. The molecule has 4 rings (SSSR count). The number of carbonyl (C=O) groups is 1. The summed E-state index contributed by atoms with van der Waals surface area (Å²) in [6.07, 6.45) is 0. The van der Waals surface area contributed by atoms with Crippen LogP contribution in [-0.2, 0) is 14.8 Å². The van der Waals surface area contributed by atoms with E-state index < -0.39 is 15.9 Å². The maximum absolute atomic E-state index is 13.4. The molecule has 0 aliphatic heterocycles. The molecule has 0 radical (unpaired) electrons. The van der Waals surface area contributed by atoms with Gasteiger partial charge in [-0.2, -0.15) is 0 Å². The molecular formula is C25H21BrN2O3S. The summed E-state index contributed by atoms with van der Waals surface area (Å²) in [5, 5.41) is 4.87. The Labute approximate surface area is 195 Å². The van der Waals surface area contributed by atoms with Crippen LogP contribution in [0.25, 0.3) is 10.8 Å². The van der Waals surface area contributed by atoms with Crippen molar-refractivity contribution in [2.75, 3.05) is 16.2 Å². The van der Waals surface area contributed by atoms with Gasteiger partial charge < -0.3 is 5.32 Å². The minimum atomic E-state index is -3.95. The van der Waals surface area contributed by atoms with Crippen LogP contribution in [0.2, 0.25) is 0 Å². The molecule has 0 saturated carbocycles. The van der Waals surface area contributed by atoms with Gasteiger partial charge >= 0.3 is 0 Å². The van der Waals surface area contributed by atoms with Crippen LogP contribution in [0.15, 0.2) is 100 Å². The number of carbonyl (C=O) groups excluding carboxylic acids is 1. The van der Waals surface area contributed by atoms with Crippen LogP contribution in [0.1, 0.15) is 5.56 Å². The van der Waals surface area contributed by atoms with Crippen molar-refractivity contribution in [1.82, 2.24) is 0 Å². The zero-order valence-corrected chi connectivity index (χ0v) is 19.7. The fourth-order valence-corrected chi connectivity index (χ4v) is 5.04. The molecule has 0 aromatic heterocycles. The first-order valence-electron chi connectivity index (χ1n) is 9.96. The fourth-order valence-electron chi connectivity index (χ4n) is 3.36. The zero-order chi connectivity index (χ0) is 22.7. The van der Waals surface area contributed by atoms with E-state index in [1.807, 2.05) is 43.3 Å². The molecular weight excluding hydrogens is 488 g/mol. The van der Waals surface area contributed by atoms with E-state index in [0.29, 0.717) is 11.4 Å². The van der Waals surface area contributed by atoms with Crippen molar-refractivity contribution in [1.29, 1.82) is 0 Å². The Kier molecular flexibility index (Phi) is 6.30. The molecule has 0 unspecified atom stereocenters. The van der Waals surface area contributed by atoms with Crippen molar-refractivity contribution in [3.05, 3.63) is 101 Å². The van der Waals surface area contributed by atoms with E-state index >= 15 is 0 Å². The molecule has 4 aromatic rings. The van der Waals surface area contributed by atoms with Gasteiger partial charge in [0.05, 0.1) is 10.6 Å². The second kappa shape index (κ2) is 9.14. The van der Waals surface area contributed by atoms with Crippen molar-refractivity contribution in [3.8, 4) is 0 Å². The average Bonchev–Trinajstić information content (AvgIpc) is 2.78. The lowest BCUT2D eigenvalue weighted by Gasteiger charge is -2.24. The number of anilines is 2. The summed E-state index contributed by atoms with van der Waals surface area (Å²) in [6.45, 7) is 1.53. The normalized spacial score (nSPS) is 11.3. The summed E-state index contributed by atoms with van der Waals surface area (Å²) in [5.41, 5.74) is 1.97. The van der Waals surface area contributed by atoms with E-state index in [9.17, 15) is 13.2 Å². The largest absolute Gasteiger partial charge is 0.324 e. The summed E-state index contributed by atoms with van der Waals surface area (Å²) in [6, 6.07) is 26.8. The van der Waals surface area contributed by atoms with Crippen LogP contribution < -0.4 is 9.62 Å². The third-order valence-electron chi connectivity index (χ3n) is 5.04. The Bertz CT molecular complexity index is 1370. The van der Waals surface area contributed by atoms with Crippen molar-refractivity contribution in [3.63, 3.8) is 0 Å². The number of aryl methyl sites for hydroxylation is 1. The summed E-state index contributed by atoms with van der Waals surface area (Å²) in [7, 11) is -3.95. The highest BCUT2D eigenvalue weighted by atomic mass is 79.9. The number of sulfonamides is 1. The molecule has 1 N–H and O–H groups in total. The maximum atomic E-state index is 13.4. The molecule has 0 spiro atoms. The fraction of sp³-hybridized carbons (Fsp3) is 0.0800. The quantitative estimate of drug-likeness (QED) is 0.360. The van der Waals surface area contributed by atoms with Crippen molar-refractivity contribution >= 4 is 54.0 Å². The molecule has 1 amide bonds. The number of halogens is 1. The molecule has 7 heteroatoms. The number of hydrogen-bond acceptors (Lipinski definition) is 3. The Balaban J connectivity index is 1.64. The van der Waals surface area contributed by atoms with E-state index in [-0.39, 0.29) is 11.4 Å². The van der Waals surface area contributed by atoms with E-state index in [1.54, 1.807) is 54.6 Å². The highest BCUT2D eigenvalue weighted by Gasteiger charge is 2.27. The molecule has 5 nitrogen and oxygen atoms in total. The second-order valence-corrected chi connectivity index (χ2v) is 10.2. The molecule has 162 valence electrons. The third kappa shape index (κ3) is 4.84. The molecule has 0 atom stereocenters. The first-order valence-corrected chi connectivity index (χ1v) is 12.2. The van der Waals surface area contributed by atoms with Crippen LogP contribution in [0.3, 0.4) is 0 Å². The smallest absolute Gasteiger partial charge is 0.264 e. The number of fused-ring (bicyclic) bond motifs is 1. The maximum Gasteiger partial charge on any atom is 0.264 e. The molecule has 4 aromatic carbocycles. The first-order chi connectivity index (χ1) is 15.3. The molecule has 0 fully saturated rings. The highest BCUT2D eigenvalue weighted by molar-refractivity contribution is 9.10. The van der Waals surface area contributed by atoms with Gasteiger partial charge in [0.2, 0.25) is 5.91 Å². The number of nitrogens with one attached hydrogen (secondary N) is 1. The molecule has 32 heavy (non-hydrogen) atoms.